The molecule has 0 saturated carbocycles. The molecule has 4 aromatic rings. The smallest absolute Gasteiger partial charge is 0.157 e. The van der Waals surface area contributed by atoms with Crippen molar-refractivity contribution in [2.45, 2.75) is 66.2 Å². The Bertz CT molecular complexity index is 1300. The van der Waals surface area contributed by atoms with Crippen LogP contribution in [0.4, 0.5) is 11.5 Å². The van der Waals surface area contributed by atoms with Crippen LogP contribution in [-0.4, -0.2) is 19.5 Å². The number of aromatic nitrogens is 3. The van der Waals surface area contributed by atoms with E-state index in [1.807, 2.05) is 10.6 Å². The van der Waals surface area contributed by atoms with E-state index in [4.69, 9.17) is 4.98 Å². The van der Waals surface area contributed by atoms with E-state index in [0.29, 0.717) is 5.75 Å². The normalized spacial score (nSPS) is 12.4. The van der Waals surface area contributed by atoms with Gasteiger partial charge in [0, 0.05) is 34.8 Å². The van der Waals surface area contributed by atoms with Gasteiger partial charge in [-0.1, -0.05) is 59.2 Å². The summed E-state index contributed by atoms with van der Waals surface area (Å²) in [4.78, 5) is 9.23. The number of aromatic hydroxyl groups is 1. The Balaban J connectivity index is 2.00. The predicted octanol–water partition coefficient (Wildman–Crippen LogP) is 7.06. The molecule has 0 aliphatic carbocycles. The van der Waals surface area contributed by atoms with Crippen LogP contribution in [0.25, 0.3) is 16.9 Å². The molecule has 5 nitrogen and oxygen atoms in total. The van der Waals surface area contributed by atoms with Gasteiger partial charge < -0.3 is 10.4 Å². The van der Waals surface area contributed by atoms with Gasteiger partial charge in [0.1, 0.15) is 17.3 Å². The van der Waals surface area contributed by atoms with Crippen LogP contribution < -0.4 is 5.32 Å². The fourth-order valence-corrected chi connectivity index (χ4v) is 4.22. The fraction of sp³-hybridized carbons (Fsp3) is 0.357. The summed E-state index contributed by atoms with van der Waals surface area (Å²) in [5.41, 5.74) is 7.39. The van der Waals surface area contributed by atoms with Crippen LogP contribution in [0.5, 0.6) is 5.75 Å². The molecule has 0 aliphatic heterocycles. The Morgan fingerprint density at radius 1 is 0.909 bits per heavy atom. The topological polar surface area (TPSA) is 62.5 Å². The molecule has 2 aromatic heterocycles. The number of phenolic OH excluding ortho intramolecular Hbond substituents is 1. The Labute approximate surface area is 196 Å². The number of hydrogen-bond acceptors (Lipinski definition) is 4. The SMILES string of the molecule is Cc1ccc(Nc2c(-c3cc(C(C)(C)C)c(O)c(C(C)(C)C)c3)nc3cnccn23)c(C)c1. The summed E-state index contributed by atoms with van der Waals surface area (Å²) < 4.78 is 2.03. The van der Waals surface area contributed by atoms with Gasteiger partial charge in [-0.2, -0.15) is 0 Å². The number of nitrogens with zero attached hydrogens (tertiary/aromatic N) is 3. The number of hydrogen-bond donors (Lipinski definition) is 2. The number of phenols is 1. The largest absolute Gasteiger partial charge is 0.507 e. The lowest BCUT2D eigenvalue weighted by Crippen LogP contribution is -2.17. The fourth-order valence-electron chi connectivity index (χ4n) is 4.22. The summed E-state index contributed by atoms with van der Waals surface area (Å²) in [6.07, 6.45) is 5.46. The van der Waals surface area contributed by atoms with Crippen molar-refractivity contribution in [3.63, 3.8) is 0 Å². The van der Waals surface area contributed by atoms with Crippen LogP contribution in [0.2, 0.25) is 0 Å². The van der Waals surface area contributed by atoms with Crippen LogP contribution in [0.1, 0.15) is 63.8 Å². The molecule has 2 aromatic carbocycles. The summed E-state index contributed by atoms with van der Waals surface area (Å²) in [5.74, 6) is 1.25. The molecule has 0 amide bonds. The summed E-state index contributed by atoms with van der Waals surface area (Å²) in [7, 11) is 0. The quantitative estimate of drug-likeness (QED) is 0.357. The summed E-state index contributed by atoms with van der Waals surface area (Å²) in [6.45, 7) is 17.0. The lowest BCUT2D eigenvalue weighted by molar-refractivity contribution is 0.423. The van der Waals surface area contributed by atoms with E-state index >= 15 is 0 Å². The minimum atomic E-state index is -0.220. The van der Waals surface area contributed by atoms with Crippen molar-refractivity contribution < 1.29 is 5.11 Å². The van der Waals surface area contributed by atoms with E-state index in [0.717, 1.165) is 39.5 Å². The highest BCUT2D eigenvalue weighted by atomic mass is 16.3. The molecule has 0 aliphatic rings. The molecular weight excluding hydrogens is 408 g/mol. The molecule has 0 bridgehead atoms. The van der Waals surface area contributed by atoms with E-state index < -0.39 is 0 Å². The molecule has 0 fully saturated rings. The second kappa shape index (κ2) is 7.91. The summed E-state index contributed by atoms with van der Waals surface area (Å²) in [6, 6.07) is 10.5. The Kier molecular flexibility index (Phi) is 5.47. The molecule has 0 spiro atoms. The first-order valence-corrected chi connectivity index (χ1v) is 11.4. The highest BCUT2D eigenvalue weighted by molar-refractivity contribution is 5.81. The number of anilines is 2. The van der Waals surface area contributed by atoms with Crippen molar-refractivity contribution in [1.82, 2.24) is 14.4 Å². The zero-order valence-corrected chi connectivity index (χ0v) is 20.9. The van der Waals surface area contributed by atoms with Crippen LogP contribution >= 0.6 is 0 Å². The minimum absolute atomic E-state index is 0.220. The molecule has 0 saturated heterocycles. The van der Waals surface area contributed by atoms with Crippen molar-refractivity contribution >= 4 is 17.2 Å². The first-order chi connectivity index (χ1) is 15.4. The maximum atomic E-state index is 11.2. The summed E-state index contributed by atoms with van der Waals surface area (Å²) in [5, 5.41) is 14.8. The third-order valence-electron chi connectivity index (χ3n) is 6.06. The lowest BCUT2D eigenvalue weighted by Gasteiger charge is -2.28. The zero-order chi connectivity index (χ0) is 24.1. The predicted molar refractivity (Wildman–Crippen MR) is 137 cm³/mol. The molecule has 0 unspecified atom stereocenters. The van der Waals surface area contributed by atoms with E-state index in [-0.39, 0.29) is 10.8 Å². The standard InChI is InChI=1S/C28H34N4O/c1-17-9-10-22(18(2)13-17)30-26-24(31-23-16-29-11-12-32(23)26)19-14-20(27(3,4)5)25(33)21(15-19)28(6,7)8/h9-16,30,33H,1-8H3. The number of fused-ring (bicyclic) bond motifs is 1. The van der Waals surface area contributed by atoms with Crippen molar-refractivity contribution in [2.75, 3.05) is 5.32 Å². The average molecular weight is 443 g/mol. The third-order valence-corrected chi connectivity index (χ3v) is 6.06. The van der Waals surface area contributed by atoms with E-state index in [2.05, 4.69) is 96.0 Å². The van der Waals surface area contributed by atoms with Gasteiger partial charge in [-0.05, 0) is 48.4 Å². The minimum Gasteiger partial charge on any atom is -0.507 e. The Morgan fingerprint density at radius 3 is 2.12 bits per heavy atom. The van der Waals surface area contributed by atoms with Crippen LogP contribution in [0.15, 0.2) is 48.9 Å². The van der Waals surface area contributed by atoms with Gasteiger partial charge >= 0.3 is 0 Å². The van der Waals surface area contributed by atoms with Gasteiger partial charge in [-0.15, -0.1) is 0 Å². The number of rotatable bonds is 3. The maximum Gasteiger partial charge on any atom is 0.157 e. The van der Waals surface area contributed by atoms with Gasteiger partial charge in [0.25, 0.3) is 0 Å². The van der Waals surface area contributed by atoms with Crippen molar-refractivity contribution in [3.8, 4) is 17.0 Å². The van der Waals surface area contributed by atoms with Crippen LogP contribution in [-0.2, 0) is 10.8 Å². The van der Waals surface area contributed by atoms with Gasteiger partial charge in [-0.3, -0.25) is 9.38 Å². The third kappa shape index (κ3) is 4.32. The van der Waals surface area contributed by atoms with Gasteiger partial charge in [0.05, 0.1) is 6.20 Å². The first kappa shape index (κ1) is 22.8. The molecule has 33 heavy (non-hydrogen) atoms. The molecule has 5 heteroatoms. The highest BCUT2D eigenvalue weighted by Gasteiger charge is 2.28. The van der Waals surface area contributed by atoms with E-state index in [1.165, 1.54) is 11.1 Å². The molecule has 172 valence electrons. The molecule has 0 atom stereocenters. The van der Waals surface area contributed by atoms with E-state index in [1.54, 1.807) is 12.4 Å². The number of aryl methyl sites for hydroxylation is 2. The Hall–Kier alpha value is -3.34. The van der Waals surface area contributed by atoms with Crippen molar-refractivity contribution in [2.24, 2.45) is 0 Å². The maximum absolute atomic E-state index is 11.2. The first-order valence-electron chi connectivity index (χ1n) is 11.4. The second-order valence-electron chi connectivity index (χ2n) is 11.0. The molecule has 4 rings (SSSR count). The Morgan fingerprint density at radius 2 is 1.55 bits per heavy atom. The monoisotopic (exact) mass is 442 g/mol. The van der Waals surface area contributed by atoms with E-state index in [9.17, 15) is 5.11 Å². The highest BCUT2D eigenvalue weighted by Crippen LogP contribution is 2.43. The molecular formula is C28H34N4O. The molecule has 0 radical (unpaired) electrons. The number of imidazole rings is 1. The van der Waals surface area contributed by atoms with Crippen LogP contribution in [0, 0.1) is 13.8 Å². The lowest BCUT2D eigenvalue weighted by atomic mass is 9.78. The second-order valence-corrected chi connectivity index (χ2v) is 11.0. The molecule has 2 heterocycles. The number of nitrogens with one attached hydrogen (secondary N) is 1. The average Bonchev–Trinajstić information content (AvgIpc) is 3.07. The van der Waals surface area contributed by atoms with Gasteiger partial charge in [-0.25, -0.2) is 4.98 Å². The van der Waals surface area contributed by atoms with Gasteiger partial charge in [0.15, 0.2) is 5.65 Å². The van der Waals surface area contributed by atoms with Crippen molar-refractivity contribution in [3.05, 3.63) is 71.2 Å². The van der Waals surface area contributed by atoms with Gasteiger partial charge in [0.2, 0.25) is 0 Å². The van der Waals surface area contributed by atoms with Crippen LogP contribution in [0.3, 0.4) is 0 Å². The zero-order valence-electron chi connectivity index (χ0n) is 20.9. The molecule has 2 N–H and O–H groups in total. The summed E-state index contributed by atoms with van der Waals surface area (Å²) >= 11 is 0. The number of benzene rings is 2. The van der Waals surface area contributed by atoms with Crippen molar-refractivity contribution in [1.29, 1.82) is 0 Å².